The topological polar surface area (TPSA) is 43.7 Å². The molecule has 1 aromatic carbocycles. The number of carbonyl (C=O) groups is 1. The maximum absolute atomic E-state index is 13.1. The van der Waals surface area contributed by atoms with Crippen LogP contribution in [0.3, 0.4) is 0 Å². The Balaban J connectivity index is 1.55. The van der Waals surface area contributed by atoms with Crippen molar-refractivity contribution in [2.45, 2.75) is 135 Å². The lowest BCUT2D eigenvalue weighted by atomic mass is 10.0. The van der Waals surface area contributed by atoms with Crippen LogP contribution in [0.4, 0.5) is 0 Å². The zero-order valence-electron chi connectivity index (χ0n) is 25.2. The van der Waals surface area contributed by atoms with E-state index in [1.807, 2.05) is 35.4 Å². The van der Waals surface area contributed by atoms with Crippen molar-refractivity contribution in [1.29, 1.82) is 0 Å². The Hall–Kier alpha value is -2.36. The van der Waals surface area contributed by atoms with Crippen molar-refractivity contribution < 1.29 is 14.5 Å². The van der Waals surface area contributed by atoms with Gasteiger partial charge in [-0.05, 0) is 37.0 Å². The Kier molecular flexibility index (Phi) is 18.9. The number of aromatic nitrogens is 1. The van der Waals surface area contributed by atoms with Gasteiger partial charge in [-0.1, -0.05) is 121 Å². The van der Waals surface area contributed by atoms with Crippen LogP contribution in [-0.4, -0.2) is 24.5 Å². The molecule has 218 valence electrons. The van der Waals surface area contributed by atoms with Crippen LogP contribution in [0, 0.1) is 0 Å². The summed E-state index contributed by atoms with van der Waals surface area (Å²) in [5.41, 5.74) is 2.37. The van der Waals surface area contributed by atoms with Crippen LogP contribution >= 0.6 is 0 Å². The molecule has 1 amide bonds. The van der Waals surface area contributed by atoms with Gasteiger partial charge in [0.05, 0.1) is 7.11 Å². The molecule has 2 aromatic rings. The minimum absolute atomic E-state index is 0.285. The second kappa shape index (κ2) is 22.5. The Bertz CT molecular complexity index is 837. The van der Waals surface area contributed by atoms with E-state index in [0.717, 1.165) is 37.3 Å². The number of unbranched alkanes of at least 4 members (excludes halogenated alkanes) is 15. The monoisotopic (exact) mass is 537 g/mol. The van der Waals surface area contributed by atoms with Crippen molar-refractivity contribution >= 4 is 5.91 Å². The van der Waals surface area contributed by atoms with E-state index in [9.17, 15) is 4.79 Å². The molecular weight excluding hydrogens is 480 g/mol. The van der Waals surface area contributed by atoms with Gasteiger partial charge in [0, 0.05) is 25.1 Å². The molecule has 2 rings (SSSR count). The number of methoxy groups -OCH3 is 1. The number of hydrogen-bond acceptors (Lipinski definition) is 2. The normalized spacial score (nSPS) is 11.0. The first-order chi connectivity index (χ1) is 19.2. The molecule has 0 aliphatic heterocycles. The van der Waals surface area contributed by atoms with Crippen LogP contribution < -0.4 is 9.72 Å². The second-order valence-corrected chi connectivity index (χ2v) is 11.2. The molecule has 1 N–H and O–H groups in total. The molecule has 39 heavy (non-hydrogen) atoms. The number of nitrogens with one attached hydrogen (secondary N) is 1. The summed E-state index contributed by atoms with van der Waals surface area (Å²) in [6, 6.07) is 14.3. The minimum Gasteiger partial charge on any atom is -0.497 e. The molecule has 4 nitrogen and oxygen atoms in total. The number of hydrogen-bond donors (Lipinski definition) is 0. The van der Waals surface area contributed by atoms with Gasteiger partial charge in [-0.2, -0.15) is 0 Å². The number of pyridine rings is 1. The molecular formula is C35H57N2O2+. The number of amides is 1. The summed E-state index contributed by atoms with van der Waals surface area (Å²) in [4.78, 5) is 18.4. The average molecular weight is 538 g/mol. The third kappa shape index (κ3) is 16.4. The van der Waals surface area contributed by atoms with Gasteiger partial charge >= 0.3 is 0 Å². The van der Waals surface area contributed by atoms with Crippen molar-refractivity contribution in [2.75, 3.05) is 13.7 Å². The summed E-state index contributed by atoms with van der Waals surface area (Å²) < 4.78 is 5.26. The maximum Gasteiger partial charge on any atom is 0.223 e. The molecule has 0 atom stereocenters. The van der Waals surface area contributed by atoms with E-state index in [1.165, 1.54) is 102 Å². The summed E-state index contributed by atoms with van der Waals surface area (Å²) in [6.45, 7) is 3.73. The fraction of sp³-hybridized carbons (Fsp3) is 0.657. The minimum atomic E-state index is 0.285. The van der Waals surface area contributed by atoms with E-state index in [2.05, 4.69) is 30.1 Å². The Morgan fingerprint density at radius 1 is 0.718 bits per heavy atom. The molecule has 1 heterocycles. The van der Waals surface area contributed by atoms with Gasteiger partial charge in [0.15, 0.2) is 11.9 Å². The summed E-state index contributed by atoms with van der Waals surface area (Å²) >= 11 is 0. The summed E-state index contributed by atoms with van der Waals surface area (Å²) in [5.74, 6) is 1.17. The molecule has 1 aromatic heterocycles. The van der Waals surface area contributed by atoms with Crippen molar-refractivity contribution in [2.24, 2.45) is 0 Å². The van der Waals surface area contributed by atoms with E-state index >= 15 is 0 Å². The highest BCUT2D eigenvalue weighted by atomic mass is 16.5. The summed E-state index contributed by atoms with van der Waals surface area (Å²) in [7, 11) is 1.69. The highest BCUT2D eigenvalue weighted by molar-refractivity contribution is 5.76. The van der Waals surface area contributed by atoms with Gasteiger partial charge in [-0.15, -0.1) is 0 Å². The molecule has 0 spiro atoms. The SMILES string of the molecule is CCCCCCCCCCCCCCCCCCC(=O)N(CCCc1ccc(OC)cc1)Cc1cccc[nH+]1. The maximum atomic E-state index is 13.1. The second-order valence-electron chi connectivity index (χ2n) is 11.2. The van der Waals surface area contributed by atoms with Crippen LogP contribution in [-0.2, 0) is 17.8 Å². The highest BCUT2D eigenvalue weighted by Crippen LogP contribution is 2.16. The van der Waals surface area contributed by atoms with Crippen LogP contribution in [0.1, 0.15) is 134 Å². The zero-order valence-corrected chi connectivity index (χ0v) is 25.2. The Morgan fingerprint density at radius 2 is 1.28 bits per heavy atom. The largest absolute Gasteiger partial charge is 0.497 e. The molecule has 0 aliphatic rings. The average Bonchev–Trinajstić information content (AvgIpc) is 2.97. The lowest BCUT2D eigenvalue weighted by Gasteiger charge is -2.21. The van der Waals surface area contributed by atoms with E-state index in [-0.39, 0.29) is 5.91 Å². The van der Waals surface area contributed by atoms with E-state index in [1.54, 1.807) is 7.11 Å². The standard InChI is InChI=1S/C35H56N2O2/c1-3-4-5-6-7-8-9-10-11-12-13-14-15-16-17-18-24-35(38)37(31-33-23-19-20-29-36-33)30-21-22-32-25-27-34(39-2)28-26-32/h19-20,23,25-29H,3-18,21-22,24,30-31H2,1-2H3/p+1. The quantitative estimate of drug-likeness (QED) is 0.125. The molecule has 4 heteroatoms. The molecule has 0 radical (unpaired) electrons. The van der Waals surface area contributed by atoms with E-state index in [4.69, 9.17) is 4.74 Å². The highest BCUT2D eigenvalue weighted by Gasteiger charge is 2.16. The molecule has 0 unspecified atom stereocenters. The fourth-order valence-corrected chi connectivity index (χ4v) is 5.28. The molecule has 0 saturated heterocycles. The van der Waals surface area contributed by atoms with Crippen LogP contribution in [0.15, 0.2) is 48.7 Å². The Morgan fingerprint density at radius 3 is 1.79 bits per heavy atom. The number of carbonyl (C=O) groups excluding carboxylic acids is 1. The number of aryl methyl sites for hydroxylation is 1. The van der Waals surface area contributed by atoms with Crippen molar-refractivity contribution in [1.82, 2.24) is 4.90 Å². The van der Waals surface area contributed by atoms with Gasteiger partial charge in [-0.3, -0.25) is 4.79 Å². The Labute approximate surface area is 240 Å². The summed E-state index contributed by atoms with van der Waals surface area (Å²) in [6.07, 6.45) is 26.2. The first kappa shape index (κ1) is 32.8. The van der Waals surface area contributed by atoms with Crippen LogP contribution in [0.25, 0.3) is 0 Å². The number of aromatic amines is 1. The van der Waals surface area contributed by atoms with Crippen molar-refractivity contribution in [3.8, 4) is 5.75 Å². The first-order valence-electron chi connectivity index (χ1n) is 16.1. The van der Waals surface area contributed by atoms with Crippen molar-refractivity contribution in [3.63, 3.8) is 0 Å². The van der Waals surface area contributed by atoms with E-state index < -0.39 is 0 Å². The summed E-state index contributed by atoms with van der Waals surface area (Å²) in [5, 5.41) is 0. The van der Waals surface area contributed by atoms with Gasteiger partial charge in [-0.25, -0.2) is 4.98 Å². The predicted octanol–water partition coefficient (Wildman–Crippen LogP) is 9.12. The van der Waals surface area contributed by atoms with Crippen LogP contribution in [0.2, 0.25) is 0 Å². The number of H-pyrrole nitrogens is 1. The van der Waals surface area contributed by atoms with Gasteiger partial charge in [0.1, 0.15) is 12.3 Å². The number of rotatable bonds is 24. The lowest BCUT2D eigenvalue weighted by Crippen LogP contribution is -2.33. The zero-order chi connectivity index (χ0) is 27.8. The molecule has 0 fully saturated rings. The third-order valence-electron chi connectivity index (χ3n) is 7.78. The van der Waals surface area contributed by atoms with Crippen molar-refractivity contribution in [3.05, 3.63) is 59.9 Å². The number of benzene rings is 1. The van der Waals surface area contributed by atoms with Gasteiger partial charge in [0.2, 0.25) is 5.91 Å². The molecule has 0 aliphatic carbocycles. The molecule has 0 bridgehead atoms. The molecule has 0 saturated carbocycles. The van der Waals surface area contributed by atoms with Crippen LogP contribution in [0.5, 0.6) is 5.75 Å². The van der Waals surface area contributed by atoms with Gasteiger partial charge < -0.3 is 9.64 Å². The third-order valence-corrected chi connectivity index (χ3v) is 7.78. The number of ether oxygens (including phenoxy) is 1. The van der Waals surface area contributed by atoms with E-state index in [0.29, 0.717) is 13.0 Å². The first-order valence-corrected chi connectivity index (χ1v) is 16.1. The predicted molar refractivity (Wildman–Crippen MR) is 164 cm³/mol. The number of nitrogens with zero attached hydrogens (tertiary/aromatic N) is 1. The fourth-order valence-electron chi connectivity index (χ4n) is 5.28. The van der Waals surface area contributed by atoms with Gasteiger partial charge in [0.25, 0.3) is 0 Å². The smallest absolute Gasteiger partial charge is 0.223 e. The lowest BCUT2D eigenvalue weighted by molar-refractivity contribution is -0.392.